The Morgan fingerprint density at radius 3 is 2.88 bits per heavy atom. The maximum Gasteiger partial charge on any atom is 0.308 e. The third kappa shape index (κ3) is 5.22. The number of carboxylic acid groups (broad SMARTS) is 1. The highest BCUT2D eigenvalue weighted by Gasteiger charge is 2.04. The molecule has 0 fully saturated rings. The minimum atomic E-state index is -0.808. The molecule has 0 atom stereocenters. The molecule has 0 amide bonds. The van der Waals surface area contributed by atoms with E-state index in [4.69, 9.17) is 14.7 Å². The molecule has 0 saturated carbocycles. The zero-order valence-electron chi connectivity index (χ0n) is 9.06. The first-order valence-electron chi connectivity index (χ1n) is 4.85. The predicted molar refractivity (Wildman–Crippen MR) is 60.3 cm³/mol. The monoisotopic (exact) mass is 245 g/mol. The van der Waals surface area contributed by atoms with E-state index in [1.54, 1.807) is 7.11 Å². The van der Waals surface area contributed by atoms with Crippen LogP contribution in [0.4, 0.5) is 0 Å². The first kappa shape index (κ1) is 13.1. The van der Waals surface area contributed by atoms with Crippen molar-refractivity contribution in [1.82, 2.24) is 5.48 Å². The second kappa shape index (κ2) is 7.34. The number of methoxy groups -OCH3 is 1. The average molecular weight is 245 g/mol. The Labute approximate surface area is 97.9 Å². The van der Waals surface area contributed by atoms with Gasteiger partial charge in [-0.15, -0.1) is 11.3 Å². The first-order chi connectivity index (χ1) is 7.72. The number of carbonyl (C=O) groups is 1. The molecule has 1 aromatic heterocycles. The summed E-state index contributed by atoms with van der Waals surface area (Å²) in [4.78, 5) is 17.4. The van der Waals surface area contributed by atoms with E-state index in [0.717, 1.165) is 9.75 Å². The number of nitrogens with one attached hydrogen (secondary N) is 1. The van der Waals surface area contributed by atoms with E-state index >= 15 is 0 Å². The second-order valence-electron chi connectivity index (χ2n) is 3.10. The fraction of sp³-hybridized carbons (Fsp3) is 0.500. The van der Waals surface area contributed by atoms with Crippen molar-refractivity contribution in [2.45, 2.75) is 13.0 Å². The van der Waals surface area contributed by atoms with Gasteiger partial charge in [0.25, 0.3) is 0 Å². The van der Waals surface area contributed by atoms with Crippen LogP contribution in [0.3, 0.4) is 0 Å². The van der Waals surface area contributed by atoms with Gasteiger partial charge in [0.2, 0.25) is 0 Å². The summed E-state index contributed by atoms with van der Waals surface area (Å²) in [7, 11) is 1.61. The van der Waals surface area contributed by atoms with Crippen LogP contribution in [0.1, 0.15) is 9.75 Å². The lowest BCUT2D eigenvalue weighted by Gasteiger charge is -2.03. The van der Waals surface area contributed by atoms with Crippen LogP contribution in [0, 0.1) is 0 Å². The van der Waals surface area contributed by atoms with Gasteiger partial charge in [0.05, 0.1) is 26.2 Å². The molecule has 2 N–H and O–H groups in total. The number of ether oxygens (including phenoxy) is 1. The van der Waals surface area contributed by atoms with Crippen LogP contribution in [0.2, 0.25) is 0 Å². The molecule has 1 aromatic rings. The summed E-state index contributed by atoms with van der Waals surface area (Å²) in [5.74, 6) is -0.808. The SMILES string of the molecule is COCCONCc1ccc(CC(=O)O)s1. The molecule has 90 valence electrons. The number of hydrogen-bond donors (Lipinski definition) is 2. The molecule has 0 aliphatic rings. The van der Waals surface area contributed by atoms with E-state index in [0.29, 0.717) is 19.8 Å². The Hall–Kier alpha value is -0.950. The Morgan fingerprint density at radius 2 is 2.19 bits per heavy atom. The Kier molecular flexibility index (Phi) is 6.02. The molecule has 5 nitrogen and oxygen atoms in total. The number of aliphatic carboxylic acids is 1. The molecule has 0 aliphatic heterocycles. The summed E-state index contributed by atoms with van der Waals surface area (Å²) in [5.41, 5.74) is 2.79. The molecule has 1 rings (SSSR count). The standard InChI is InChI=1S/C10H15NO4S/c1-14-4-5-15-11-7-9-3-2-8(16-9)6-10(12)13/h2-3,11H,4-7H2,1H3,(H,12,13). The Morgan fingerprint density at radius 1 is 1.44 bits per heavy atom. The van der Waals surface area contributed by atoms with E-state index in [9.17, 15) is 4.79 Å². The quantitative estimate of drug-likeness (QED) is 0.529. The van der Waals surface area contributed by atoms with E-state index in [1.165, 1.54) is 11.3 Å². The lowest BCUT2D eigenvalue weighted by Crippen LogP contribution is -2.16. The van der Waals surface area contributed by atoms with Crippen molar-refractivity contribution < 1.29 is 19.5 Å². The van der Waals surface area contributed by atoms with Crippen LogP contribution in [0.15, 0.2) is 12.1 Å². The molecule has 0 saturated heterocycles. The molecule has 0 bridgehead atoms. The Bertz CT molecular complexity index is 326. The van der Waals surface area contributed by atoms with E-state index in [1.807, 2.05) is 12.1 Å². The van der Waals surface area contributed by atoms with Crippen LogP contribution < -0.4 is 5.48 Å². The molecule has 0 radical (unpaired) electrons. The summed E-state index contributed by atoms with van der Waals surface area (Å²) in [6.45, 7) is 1.61. The highest BCUT2D eigenvalue weighted by Crippen LogP contribution is 2.16. The van der Waals surface area contributed by atoms with Crippen molar-refractivity contribution in [3.8, 4) is 0 Å². The van der Waals surface area contributed by atoms with Gasteiger partial charge in [-0.3, -0.25) is 9.63 Å². The highest BCUT2D eigenvalue weighted by molar-refractivity contribution is 7.12. The zero-order valence-corrected chi connectivity index (χ0v) is 9.88. The van der Waals surface area contributed by atoms with Gasteiger partial charge >= 0.3 is 5.97 Å². The molecule has 6 heteroatoms. The lowest BCUT2D eigenvalue weighted by molar-refractivity contribution is -0.136. The highest BCUT2D eigenvalue weighted by atomic mass is 32.1. The lowest BCUT2D eigenvalue weighted by atomic mass is 10.3. The number of thiophene rings is 1. The summed E-state index contributed by atoms with van der Waals surface area (Å²) in [6, 6.07) is 3.72. The summed E-state index contributed by atoms with van der Waals surface area (Å²) < 4.78 is 4.81. The molecule has 16 heavy (non-hydrogen) atoms. The maximum absolute atomic E-state index is 10.5. The topological polar surface area (TPSA) is 67.8 Å². The summed E-state index contributed by atoms with van der Waals surface area (Å²) in [5, 5.41) is 8.60. The number of carboxylic acids is 1. The largest absolute Gasteiger partial charge is 0.481 e. The van der Waals surface area contributed by atoms with Crippen molar-refractivity contribution in [3.63, 3.8) is 0 Å². The second-order valence-corrected chi connectivity index (χ2v) is 4.35. The number of rotatable bonds is 8. The molecular weight excluding hydrogens is 230 g/mol. The Balaban J connectivity index is 2.21. The van der Waals surface area contributed by atoms with Gasteiger partial charge in [0.1, 0.15) is 0 Å². The van der Waals surface area contributed by atoms with Gasteiger partial charge in [0.15, 0.2) is 0 Å². The summed E-state index contributed by atoms with van der Waals surface area (Å²) >= 11 is 1.47. The third-order valence-corrected chi connectivity index (χ3v) is 2.87. The van der Waals surface area contributed by atoms with E-state index in [-0.39, 0.29) is 6.42 Å². The van der Waals surface area contributed by atoms with Crippen LogP contribution in [0.5, 0.6) is 0 Å². The fourth-order valence-corrected chi connectivity index (χ4v) is 2.02. The van der Waals surface area contributed by atoms with Crippen LogP contribution >= 0.6 is 11.3 Å². The van der Waals surface area contributed by atoms with Crippen LogP contribution in [-0.2, 0) is 27.3 Å². The van der Waals surface area contributed by atoms with Gasteiger partial charge in [-0.25, -0.2) is 0 Å². The average Bonchev–Trinajstić information content (AvgIpc) is 2.64. The molecule has 0 aliphatic carbocycles. The smallest absolute Gasteiger partial charge is 0.308 e. The first-order valence-corrected chi connectivity index (χ1v) is 5.67. The van der Waals surface area contributed by atoms with E-state index < -0.39 is 5.97 Å². The van der Waals surface area contributed by atoms with Crippen molar-refractivity contribution in [2.24, 2.45) is 0 Å². The van der Waals surface area contributed by atoms with Crippen molar-refractivity contribution >= 4 is 17.3 Å². The fourth-order valence-electron chi connectivity index (χ4n) is 1.08. The van der Waals surface area contributed by atoms with Gasteiger partial charge in [0, 0.05) is 16.9 Å². The molecule has 0 unspecified atom stereocenters. The molecule has 0 aromatic carbocycles. The van der Waals surface area contributed by atoms with E-state index in [2.05, 4.69) is 5.48 Å². The van der Waals surface area contributed by atoms with Crippen LogP contribution in [-0.4, -0.2) is 31.4 Å². The minimum Gasteiger partial charge on any atom is -0.481 e. The molecule has 1 heterocycles. The maximum atomic E-state index is 10.5. The number of hydroxylamine groups is 1. The van der Waals surface area contributed by atoms with Crippen molar-refractivity contribution in [2.75, 3.05) is 20.3 Å². The van der Waals surface area contributed by atoms with Gasteiger partial charge < -0.3 is 9.84 Å². The minimum absolute atomic E-state index is 0.0786. The van der Waals surface area contributed by atoms with Crippen molar-refractivity contribution in [1.29, 1.82) is 0 Å². The van der Waals surface area contributed by atoms with Gasteiger partial charge in [-0.1, -0.05) is 0 Å². The third-order valence-electron chi connectivity index (χ3n) is 1.78. The normalized spacial score (nSPS) is 10.6. The predicted octanol–water partition coefficient (Wildman–Crippen LogP) is 1.04. The zero-order chi connectivity index (χ0) is 11.8. The van der Waals surface area contributed by atoms with Crippen LogP contribution in [0.25, 0.3) is 0 Å². The molecule has 0 spiro atoms. The number of hydrogen-bond acceptors (Lipinski definition) is 5. The molecular formula is C10H15NO4S. The summed E-state index contributed by atoms with van der Waals surface area (Å²) in [6.07, 6.45) is 0.0786. The van der Waals surface area contributed by atoms with Crippen molar-refractivity contribution in [3.05, 3.63) is 21.9 Å². The van der Waals surface area contributed by atoms with Gasteiger partial charge in [-0.05, 0) is 12.1 Å². The van der Waals surface area contributed by atoms with Gasteiger partial charge in [-0.2, -0.15) is 5.48 Å².